The summed E-state index contributed by atoms with van der Waals surface area (Å²) < 4.78 is 39.9. The molecule has 92 valence electrons. The van der Waals surface area contributed by atoms with E-state index in [0.717, 1.165) is 11.3 Å². The van der Waals surface area contributed by atoms with Gasteiger partial charge in [0.25, 0.3) is 5.19 Å². The predicted octanol–water partition coefficient (Wildman–Crippen LogP) is 1.98. The molecule has 1 aromatic heterocycles. The van der Waals surface area contributed by atoms with Gasteiger partial charge in [-0.1, -0.05) is 25.2 Å². The van der Waals surface area contributed by atoms with Crippen LogP contribution in [0.5, 0.6) is 5.19 Å². The number of ether oxygens (including phenoxy) is 1. The molecule has 1 N–H and O–H groups in total. The second-order valence-electron chi connectivity index (χ2n) is 3.40. The number of hydrogen-bond donors (Lipinski definition) is 1. The Hall–Kier alpha value is -0.890. The summed E-state index contributed by atoms with van der Waals surface area (Å²) in [7, 11) is 0. The van der Waals surface area contributed by atoms with Gasteiger partial charge >= 0.3 is 6.18 Å². The number of halogens is 3. The average molecular weight is 255 g/mol. The fraction of sp³-hybridized carbons (Fsp3) is 0.750. The topological polar surface area (TPSA) is 47.0 Å². The summed E-state index contributed by atoms with van der Waals surface area (Å²) in [4.78, 5) is 0. The third-order valence-corrected chi connectivity index (χ3v) is 2.30. The molecule has 0 amide bonds. The Kier molecular flexibility index (Phi) is 4.48. The molecule has 0 unspecified atom stereocenters. The van der Waals surface area contributed by atoms with Crippen molar-refractivity contribution in [3.05, 3.63) is 5.01 Å². The fourth-order valence-corrected chi connectivity index (χ4v) is 1.44. The van der Waals surface area contributed by atoms with E-state index in [1.807, 2.05) is 13.8 Å². The van der Waals surface area contributed by atoms with Crippen LogP contribution in [0, 0.1) is 0 Å². The standard InChI is InChI=1S/C8H12F3N3OS/c1-5(2)12-3-6-13-14-7(16-6)15-4-8(9,10)11/h5,12H,3-4H2,1-2H3. The van der Waals surface area contributed by atoms with Gasteiger partial charge in [-0.25, -0.2) is 0 Å². The third-order valence-electron chi connectivity index (χ3n) is 1.47. The van der Waals surface area contributed by atoms with Gasteiger partial charge in [0.05, 0.1) is 6.54 Å². The highest BCUT2D eigenvalue weighted by Crippen LogP contribution is 2.21. The predicted molar refractivity (Wildman–Crippen MR) is 53.4 cm³/mol. The Balaban J connectivity index is 2.39. The number of aromatic nitrogens is 2. The summed E-state index contributed by atoms with van der Waals surface area (Å²) >= 11 is 1.01. The molecule has 0 aromatic carbocycles. The van der Waals surface area contributed by atoms with Crippen molar-refractivity contribution in [3.8, 4) is 5.19 Å². The molecule has 0 aliphatic heterocycles. The van der Waals surface area contributed by atoms with Gasteiger partial charge in [-0.2, -0.15) is 13.2 Å². The quantitative estimate of drug-likeness (QED) is 0.874. The van der Waals surface area contributed by atoms with Crippen molar-refractivity contribution in [2.45, 2.75) is 32.6 Å². The summed E-state index contributed by atoms with van der Waals surface area (Å²) in [6, 6.07) is 0.281. The lowest BCUT2D eigenvalue weighted by molar-refractivity contribution is -0.153. The number of alkyl halides is 3. The van der Waals surface area contributed by atoms with Crippen molar-refractivity contribution >= 4 is 11.3 Å². The molecule has 0 saturated heterocycles. The van der Waals surface area contributed by atoms with Crippen molar-refractivity contribution in [2.24, 2.45) is 0 Å². The van der Waals surface area contributed by atoms with Crippen molar-refractivity contribution in [1.82, 2.24) is 15.5 Å². The van der Waals surface area contributed by atoms with Crippen LogP contribution in [0.2, 0.25) is 0 Å². The summed E-state index contributed by atoms with van der Waals surface area (Å²) in [5, 5.41) is 10.8. The molecule has 4 nitrogen and oxygen atoms in total. The van der Waals surface area contributed by atoms with Crippen LogP contribution >= 0.6 is 11.3 Å². The maximum atomic E-state index is 11.8. The molecule has 0 fully saturated rings. The zero-order valence-corrected chi connectivity index (χ0v) is 9.65. The first-order valence-electron chi connectivity index (χ1n) is 4.62. The van der Waals surface area contributed by atoms with E-state index in [-0.39, 0.29) is 11.2 Å². The Labute approximate surface area is 94.8 Å². The third kappa shape index (κ3) is 5.26. The number of nitrogens with zero attached hydrogens (tertiary/aromatic N) is 2. The minimum Gasteiger partial charge on any atom is -0.459 e. The molecule has 1 rings (SSSR count). The van der Waals surface area contributed by atoms with Gasteiger partial charge in [0.2, 0.25) is 0 Å². The van der Waals surface area contributed by atoms with Gasteiger partial charge in [0.15, 0.2) is 6.61 Å². The Morgan fingerprint density at radius 1 is 1.38 bits per heavy atom. The molecule has 0 bridgehead atoms. The molecule has 1 aromatic rings. The van der Waals surface area contributed by atoms with Crippen LogP contribution in [-0.4, -0.2) is 29.0 Å². The first-order chi connectivity index (χ1) is 7.37. The van der Waals surface area contributed by atoms with Gasteiger partial charge in [-0.05, 0) is 0 Å². The second-order valence-corrected chi connectivity index (χ2v) is 4.43. The Morgan fingerprint density at radius 3 is 2.62 bits per heavy atom. The van der Waals surface area contributed by atoms with Gasteiger partial charge in [0.1, 0.15) is 5.01 Å². The largest absolute Gasteiger partial charge is 0.459 e. The second kappa shape index (κ2) is 5.44. The Morgan fingerprint density at radius 2 is 2.06 bits per heavy atom. The van der Waals surface area contributed by atoms with Gasteiger partial charge in [0, 0.05) is 6.04 Å². The highest BCUT2D eigenvalue weighted by atomic mass is 32.1. The number of rotatable bonds is 5. The number of nitrogens with one attached hydrogen (secondary N) is 1. The van der Waals surface area contributed by atoms with Crippen molar-refractivity contribution in [2.75, 3.05) is 6.61 Å². The van der Waals surface area contributed by atoms with Crippen LogP contribution in [-0.2, 0) is 6.54 Å². The summed E-state index contributed by atoms with van der Waals surface area (Å²) in [6.45, 7) is 3.06. The van der Waals surface area contributed by atoms with Gasteiger partial charge in [-0.15, -0.1) is 10.2 Å². The van der Waals surface area contributed by atoms with E-state index in [4.69, 9.17) is 0 Å². The molecule has 8 heteroatoms. The molecule has 0 saturated carbocycles. The highest BCUT2D eigenvalue weighted by molar-refractivity contribution is 7.13. The van der Waals surface area contributed by atoms with Gasteiger partial charge < -0.3 is 10.1 Å². The molecular weight excluding hydrogens is 243 g/mol. The maximum absolute atomic E-state index is 11.8. The smallest absolute Gasteiger partial charge is 0.422 e. The monoisotopic (exact) mass is 255 g/mol. The minimum atomic E-state index is -4.35. The van der Waals surface area contributed by atoms with Crippen LogP contribution in [0.3, 0.4) is 0 Å². The molecule has 0 spiro atoms. The first-order valence-corrected chi connectivity index (χ1v) is 5.44. The molecule has 1 heterocycles. The van der Waals surface area contributed by atoms with E-state index >= 15 is 0 Å². The molecule has 0 aliphatic rings. The zero-order valence-electron chi connectivity index (χ0n) is 8.84. The van der Waals surface area contributed by atoms with E-state index in [1.165, 1.54) is 0 Å². The van der Waals surface area contributed by atoms with Crippen molar-refractivity contribution in [1.29, 1.82) is 0 Å². The zero-order chi connectivity index (χ0) is 12.2. The fourth-order valence-electron chi connectivity index (χ4n) is 0.803. The van der Waals surface area contributed by atoms with E-state index < -0.39 is 12.8 Å². The lowest BCUT2D eigenvalue weighted by Gasteiger charge is -2.05. The van der Waals surface area contributed by atoms with Crippen LogP contribution in [0.4, 0.5) is 13.2 Å². The Bertz CT molecular complexity index is 327. The summed E-state index contributed by atoms with van der Waals surface area (Å²) in [5.74, 6) is 0. The van der Waals surface area contributed by atoms with E-state index in [9.17, 15) is 13.2 Å². The van der Waals surface area contributed by atoms with Crippen molar-refractivity contribution < 1.29 is 17.9 Å². The van der Waals surface area contributed by atoms with E-state index in [1.54, 1.807) is 0 Å². The van der Waals surface area contributed by atoms with Crippen LogP contribution in [0.25, 0.3) is 0 Å². The van der Waals surface area contributed by atoms with Gasteiger partial charge in [-0.3, -0.25) is 0 Å². The lowest BCUT2D eigenvalue weighted by atomic mass is 10.4. The van der Waals surface area contributed by atoms with Crippen LogP contribution in [0.15, 0.2) is 0 Å². The molecule has 0 atom stereocenters. The minimum absolute atomic E-state index is 0.0575. The molecule has 16 heavy (non-hydrogen) atoms. The number of hydrogen-bond acceptors (Lipinski definition) is 5. The lowest BCUT2D eigenvalue weighted by Crippen LogP contribution is -2.21. The maximum Gasteiger partial charge on any atom is 0.422 e. The van der Waals surface area contributed by atoms with Crippen LogP contribution in [0.1, 0.15) is 18.9 Å². The molecule has 0 radical (unpaired) electrons. The average Bonchev–Trinajstić information content (AvgIpc) is 2.58. The molecule has 0 aliphatic carbocycles. The highest BCUT2D eigenvalue weighted by Gasteiger charge is 2.29. The van der Waals surface area contributed by atoms with Crippen molar-refractivity contribution in [3.63, 3.8) is 0 Å². The van der Waals surface area contributed by atoms with Crippen LogP contribution < -0.4 is 10.1 Å². The summed E-state index contributed by atoms with van der Waals surface area (Å²) in [6.07, 6.45) is -4.35. The van der Waals surface area contributed by atoms with E-state index in [0.29, 0.717) is 11.6 Å². The SMILES string of the molecule is CC(C)NCc1nnc(OCC(F)(F)F)s1. The summed E-state index contributed by atoms with van der Waals surface area (Å²) in [5.41, 5.74) is 0. The first kappa shape index (κ1) is 13.2. The normalized spacial score (nSPS) is 12.1. The van der Waals surface area contributed by atoms with E-state index in [2.05, 4.69) is 20.3 Å². The molecular formula is C8H12F3N3OS.